The molecule has 8 nitrogen and oxygen atoms in total. The van der Waals surface area contributed by atoms with Crippen LogP contribution in [0.4, 0.5) is 4.39 Å². The van der Waals surface area contributed by atoms with Gasteiger partial charge in [-0.15, -0.1) is 0 Å². The first kappa shape index (κ1) is 16.3. The van der Waals surface area contributed by atoms with E-state index in [-0.39, 0.29) is 11.7 Å². The van der Waals surface area contributed by atoms with E-state index < -0.39 is 5.82 Å². The van der Waals surface area contributed by atoms with E-state index in [0.29, 0.717) is 28.3 Å². The number of pyridine rings is 2. The maximum Gasteiger partial charge on any atom is 0.328 e. The van der Waals surface area contributed by atoms with Gasteiger partial charge in [-0.1, -0.05) is 6.07 Å². The van der Waals surface area contributed by atoms with Crippen LogP contribution in [-0.2, 0) is 0 Å². The van der Waals surface area contributed by atoms with Crippen molar-refractivity contribution in [3.8, 4) is 11.5 Å². The predicted octanol–water partition coefficient (Wildman–Crippen LogP) is 2.58. The lowest BCUT2D eigenvalue weighted by Crippen LogP contribution is -2.22. The average Bonchev–Trinajstić information content (AvgIpc) is 3.27. The number of hydrogen-bond acceptors (Lipinski definition) is 5. The number of H-pyrrole nitrogens is 1. The molecule has 138 valence electrons. The van der Waals surface area contributed by atoms with Crippen LogP contribution < -0.4 is 5.69 Å². The molecule has 0 spiro atoms. The number of imidazole rings is 2. The molecule has 0 aliphatic carbocycles. The summed E-state index contributed by atoms with van der Waals surface area (Å²) >= 11 is 0. The Bertz CT molecular complexity index is 1370. The first-order chi connectivity index (χ1) is 13.6. The number of aromatic nitrogens is 7. The Morgan fingerprint density at radius 1 is 1.11 bits per heavy atom. The van der Waals surface area contributed by atoms with E-state index in [4.69, 9.17) is 0 Å². The van der Waals surface area contributed by atoms with Gasteiger partial charge in [-0.25, -0.2) is 24.1 Å². The third kappa shape index (κ3) is 2.48. The van der Waals surface area contributed by atoms with E-state index in [1.807, 2.05) is 25.1 Å². The van der Waals surface area contributed by atoms with E-state index in [9.17, 15) is 9.18 Å². The first-order valence-corrected chi connectivity index (χ1v) is 8.63. The number of hydrogen-bond donors (Lipinski definition) is 1. The van der Waals surface area contributed by atoms with Gasteiger partial charge in [0.1, 0.15) is 22.7 Å². The lowest BCUT2D eigenvalue weighted by Gasteiger charge is -2.12. The fourth-order valence-electron chi connectivity index (χ4n) is 3.27. The second kappa shape index (κ2) is 6.08. The lowest BCUT2D eigenvalue weighted by molar-refractivity contribution is 0.613. The summed E-state index contributed by atoms with van der Waals surface area (Å²) in [6.07, 6.45) is 6.12. The molecular formula is C19H14FN7O. The highest BCUT2D eigenvalue weighted by Gasteiger charge is 2.19. The van der Waals surface area contributed by atoms with Gasteiger partial charge in [0.2, 0.25) is 0 Å². The van der Waals surface area contributed by atoms with E-state index >= 15 is 0 Å². The zero-order chi connectivity index (χ0) is 19.3. The summed E-state index contributed by atoms with van der Waals surface area (Å²) in [6, 6.07) is 8.13. The van der Waals surface area contributed by atoms with Gasteiger partial charge in [0.15, 0.2) is 11.5 Å². The van der Waals surface area contributed by atoms with E-state index in [2.05, 4.69) is 24.9 Å². The molecule has 0 saturated carbocycles. The highest BCUT2D eigenvalue weighted by molar-refractivity contribution is 5.73. The highest BCUT2D eigenvalue weighted by atomic mass is 19.1. The maximum atomic E-state index is 13.7. The van der Waals surface area contributed by atoms with Gasteiger partial charge in [0.25, 0.3) is 0 Å². The Hall–Kier alpha value is -3.88. The topological polar surface area (TPSA) is 93.8 Å². The first-order valence-electron chi connectivity index (χ1n) is 8.63. The molecule has 5 aromatic rings. The maximum absolute atomic E-state index is 13.7. The monoisotopic (exact) mass is 375 g/mol. The minimum Gasteiger partial charge on any atom is -0.303 e. The molecule has 5 heterocycles. The molecule has 1 N–H and O–H groups in total. The van der Waals surface area contributed by atoms with Crippen molar-refractivity contribution in [2.75, 3.05) is 0 Å². The van der Waals surface area contributed by atoms with Gasteiger partial charge < -0.3 is 4.98 Å². The summed E-state index contributed by atoms with van der Waals surface area (Å²) < 4.78 is 16.8. The van der Waals surface area contributed by atoms with Crippen molar-refractivity contribution in [3.05, 3.63) is 77.1 Å². The number of halogens is 1. The summed E-state index contributed by atoms with van der Waals surface area (Å²) in [5, 5.41) is 0. The second-order valence-corrected chi connectivity index (χ2v) is 6.38. The molecule has 0 radical (unpaired) electrons. The fourth-order valence-corrected chi connectivity index (χ4v) is 3.27. The van der Waals surface area contributed by atoms with E-state index in [1.54, 1.807) is 29.1 Å². The van der Waals surface area contributed by atoms with Crippen LogP contribution in [0.3, 0.4) is 0 Å². The fraction of sp³-hybridized carbons (Fsp3) is 0.105. The molecule has 28 heavy (non-hydrogen) atoms. The largest absolute Gasteiger partial charge is 0.328 e. The highest BCUT2D eigenvalue weighted by Crippen LogP contribution is 2.22. The van der Waals surface area contributed by atoms with Crippen LogP contribution in [0.1, 0.15) is 18.7 Å². The summed E-state index contributed by atoms with van der Waals surface area (Å²) in [6.45, 7) is 1.88. The standard InChI is InChI=1S/C19H14FN7O/c1-11(13-4-2-3-7-21-13)27-18-14(24-19(27)28)8-23-17(25-18)15-9-22-16-6-5-12(20)10-26(15)16/h2-11H,1H3,(H,24,28)/t11-/m1/s1. The number of rotatable bonds is 3. The molecule has 0 fully saturated rings. The smallest absolute Gasteiger partial charge is 0.303 e. The number of nitrogens with one attached hydrogen (secondary N) is 1. The van der Waals surface area contributed by atoms with Gasteiger partial charge in [-0.2, -0.15) is 0 Å². The van der Waals surface area contributed by atoms with Gasteiger partial charge in [-0.05, 0) is 31.2 Å². The van der Waals surface area contributed by atoms with Crippen molar-refractivity contribution in [3.63, 3.8) is 0 Å². The molecule has 0 saturated heterocycles. The summed E-state index contributed by atoms with van der Waals surface area (Å²) in [7, 11) is 0. The molecule has 0 amide bonds. The van der Waals surface area contributed by atoms with Gasteiger partial charge >= 0.3 is 5.69 Å². The Labute approximate surface area is 157 Å². The van der Waals surface area contributed by atoms with Crippen molar-refractivity contribution >= 4 is 16.8 Å². The third-order valence-electron chi connectivity index (χ3n) is 4.66. The normalized spacial score (nSPS) is 12.6. The number of fused-ring (bicyclic) bond motifs is 2. The zero-order valence-electron chi connectivity index (χ0n) is 14.7. The van der Waals surface area contributed by atoms with E-state index in [1.165, 1.54) is 16.8 Å². The molecule has 0 aromatic carbocycles. The average molecular weight is 375 g/mol. The van der Waals surface area contributed by atoms with Crippen LogP contribution in [0.15, 0.2) is 59.9 Å². The van der Waals surface area contributed by atoms with Crippen molar-refractivity contribution in [1.82, 2.24) is 33.9 Å². The van der Waals surface area contributed by atoms with Gasteiger partial charge in [0.05, 0.1) is 24.1 Å². The summed E-state index contributed by atoms with van der Waals surface area (Å²) in [5.41, 5.74) is 2.50. The van der Waals surface area contributed by atoms with Gasteiger partial charge in [0, 0.05) is 12.4 Å². The quantitative estimate of drug-likeness (QED) is 0.523. The van der Waals surface area contributed by atoms with E-state index in [0.717, 1.165) is 5.69 Å². The van der Waals surface area contributed by atoms with Gasteiger partial charge in [-0.3, -0.25) is 14.0 Å². The molecule has 0 aliphatic heterocycles. The Morgan fingerprint density at radius 3 is 2.82 bits per heavy atom. The van der Waals surface area contributed by atoms with Crippen molar-refractivity contribution in [2.24, 2.45) is 0 Å². The molecular weight excluding hydrogens is 361 g/mol. The molecule has 5 aromatic heterocycles. The minimum atomic E-state index is -0.393. The minimum absolute atomic E-state index is 0.302. The third-order valence-corrected chi connectivity index (χ3v) is 4.66. The second-order valence-electron chi connectivity index (χ2n) is 6.38. The van der Waals surface area contributed by atoms with Crippen LogP contribution in [-0.4, -0.2) is 33.9 Å². The molecule has 0 bridgehead atoms. The van der Waals surface area contributed by atoms with Crippen LogP contribution in [0.25, 0.3) is 28.3 Å². The zero-order valence-corrected chi connectivity index (χ0v) is 14.7. The van der Waals surface area contributed by atoms with Crippen LogP contribution in [0, 0.1) is 5.82 Å². The van der Waals surface area contributed by atoms with Crippen molar-refractivity contribution in [1.29, 1.82) is 0 Å². The Balaban J connectivity index is 1.71. The summed E-state index contributed by atoms with van der Waals surface area (Å²) in [5.74, 6) is -0.0540. The Kier molecular flexibility index (Phi) is 3.54. The molecule has 0 unspecified atom stereocenters. The van der Waals surface area contributed by atoms with Crippen LogP contribution >= 0.6 is 0 Å². The molecule has 1 atom stereocenters. The molecule has 5 rings (SSSR count). The van der Waals surface area contributed by atoms with Crippen molar-refractivity contribution < 1.29 is 4.39 Å². The lowest BCUT2D eigenvalue weighted by atomic mass is 10.2. The van der Waals surface area contributed by atoms with Crippen LogP contribution in [0.5, 0.6) is 0 Å². The summed E-state index contributed by atoms with van der Waals surface area (Å²) in [4.78, 5) is 32.8. The number of nitrogens with zero attached hydrogens (tertiary/aromatic N) is 6. The number of aromatic amines is 1. The molecule has 0 aliphatic rings. The Morgan fingerprint density at radius 2 is 2.00 bits per heavy atom. The van der Waals surface area contributed by atoms with Crippen molar-refractivity contribution in [2.45, 2.75) is 13.0 Å². The SMILES string of the molecule is C[C@H](c1ccccn1)n1c(=O)[nH]c2cnc(-c3cnc4ccc(F)cn34)nc21. The van der Waals surface area contributed by atoms with Crippen LogP contribution in [0.2, 0.25) is 0 Å². The predicted molar refractivity (Wildman–Crippen MR) is 100 cm³/mol. The molecule has 9 heteroatoms.